The lowest BCUT2D eigenvalue weighted by molar-refractivity contribution is 0.206. The number of nitrogens with zero attached hydrogens (tertiary/aromatic N) is 3. The Balaban J connectivity index is 1.95. The van der Waals surface area contributed by atoms with Gasteiger partial charge in [0.1, 0.15) is 6.10 Å². The Morgan fingerprint density at radius 1 is 1.53 bits per heavy atom. The zero-order chi connectivity index (χ0) is 12.3. The SMILES string of the molecule is CCS(=O)(=O)N1CC[C@H](Oc2cnccn2)C1. The van der Waals surface area contributed by atoms with Crippen LogP contribution in [0.4, 0.5) is 0 Å². The van der Waals surface area contributed by atoms with Crippen LogP contribution in [-0.2, 0) is 10.0 Å². The molecule has 1 aromatic heterocycles. The maximum atomic E-state index is 11.6. The van der Waals surface area contributed by atoms with Crippen molar-refractivity contribution in [3.05, 3.63) is 18.6 Å². The molecule has 6 nitrogen and oxygen atoms in total. The first kappa shape index (κ1) is 12.3. The Morgan fingerprint density at radius 2 is 2.35 bits per heavy atom. The fourth-order valence-corrected chi connectivity index (χ4v) is 2.89. The van der Waals surface area contributed by atoms with Gasteiger partial charge < -0.3 is 4.74 Å². The Hall–Kier alpha value is -1.21. The van der Waals surface area contributed by atoms with Crippen molar-refractivity contribution in [2.24, 2.45) is 0 Å². The molecule has 1 atom stereocenters. The molecule has 1 aliphatic rings. The molecule has 1 saturated heterocycles. The summed E-state index contributed by atoms with van der Waals surface area (Å²) in [5.74, 6) is 0.568. The topological polar surface area (TPSA) is 72.4 Å². The normalized spacial score (nSPS) is 21.6. The number of hydrogen-bond donors (Lipinski definition) is 0. The second-order valence-corrected chi connectivity index (χ2v) is 6.09. The molecule has 0 aliphatic carbocycles. The fourth-order valence-electron chi connectivity index (χ4n) is 1.75. The maximum absolute atomic E-state index is 11.6. The second-order valence-electron chi connectivity index (χ2n) is 3.83. The minimum atomic E-state index is -3.11. The summed E-state index contributed by atoms with van der Waals surface area (Å²) < 4.78 is 30.3. The Morgan fingerprint density at radius 3 is 3.00 bits per heavy atom. The summed E-state index contributed by atoms with van der Waals surface area (Å²) in [6, 6.07) is 0. The van der Waals surface area contributed by atoms with Crippen LogP contribution in [0.25, 0.3) is 0 Å². The average Bonchev–Trinajstić information content (AvgIpc) is 2.80. The van der Waals surface area contributed by atoms with Crippen molar-refractivity contribution in [2.45, 2.75) is 19.4 Å². The molecule has 1 aromatic rings. The number of aromatic nitrogens is 2. The van der Waals surface area contributed by atoms with Gasteiger partial charge in [0, 0.05) is 18.9 Å². The van der Waals surface area contributed by atoms with Gasteiger partial charge in [-0.2, -0.15) is 4.31 Å². The quantitative estimate of drug-likeness (QED) is 0.774. The molecule has 1 aliphatic heterocycles. The van der Waals surface area contributed by atoms with Crippen LogP contribution in [-0.4, -0.2) is 47.6 Å². The number of hydrogen-bond acceptors (Lipinski definition) is 5. The molecule has 2 heterocycles. The summed E-state index contributed by atoms with van der Waals surface area (Å²) >= 11 is 0. The largest absolute Gasteiger partial charge is 0.472 e. The predicted octanol–water partition coefficient (Wildman–Crippen LogP) is 0.279. The van der Waals surface area contributed by atoms with E-state index in [9.17, 15) is 8.42 Å². The van der Waals surface area contributed by atoms with Gasteiger partial charge in [-0.3, -0.25) is 4.98 Å². The summed E-state index contributed by atoms with van der Waals surface area (Å²) in [7, 11) is -3.11. The van der Waals surface area contributed by atoms with Gasteiger partial charge in [0.05, 0.1) is 18.5 Å². The Labute approximate surface area is 101 Å². The molecule has 0 N–H and O–H groups in total. The van der Waals surface area contributed by atoms with E-state index in [1.165, 1.54) is 10.5 Å². The van der Waals surface area contributed by atoms with Crippen LogP contribution in [0.1, 0.15) is 13.3 Å². The van der Waals surface area contributed by atoms with Gasteiger partial charge in [-0.05, 0) is 13.3 Å². The first-order valence-electron chi connectivity index (χ1n) is 5.52. The highest BCUT2D eigenvalue weighted by atomic mass is 32.2. The summed E-state index contributed by atoms with van der Waals surface area (Å²) in [6.45, 7) is 2.56. The van der Waals surface area contributed by atoms with E-state index in [0.717, 1.165) is 0 Å². The molecule has 0 amide bonds. The number of ether oxygens (including phenoxy) is 1. The molecule has 0 unspecified atom stereocenters. The molecule has 0 saturated carbocycles. The number of rotatable bonds is 4. The van der Waals surface area contributed by atoms with Crippen LogP contribution in [0.5, 0.6) is 5.88 Å². The Bertz CT molecular complexity index is 463. The molecule has 17 heavy (non-hydrogen) atoms. The summed E-state index contributed by atoms with van der Waals surface area (Å²) in [4.78, 5) is 7.89. The van der Waals surface area contributed by atoms with E-state index < -0.39 is 10.0 Å². The van der Waals surface area contributed by atoms with Gasteiger partial charge in [-0.1, -0.05) is 0 Å². The minimum absolute atomic E-state index is 0.130. The maximum Gasteiger partial charge on any atom is 0.232 e. The van der Waals surface area contributed by atoms with E-state index in [1.54, 1.807) is 19.3 Å². The predicted molar refractivity (Wildman–Crippen MR) is 62.1 cm³/mol. The fraction of sp³-hybridized carbons (Fsp3) is 0.600. The van der Waals surface area contributed by atoms with Crippen molar-refractivity contribution in [3.63, 3.8) is 0 Å². The standard InChI is InChI=1S/C10H15N3O3S/c1-2-17(14,15)13-6-3-9(8-13)16-10-7-11-4-5-12-10/h4-5,7,9H,2-3,6,8H2,1H3/t9-/m0/s1. The zero-order valence-corrected chi connectivity index (χ0v) is 10.4. The Kier molecular flexibility index (Phi) is 3.58. The van der Waals surface area contributed by atoms with Crippen LogP contribution in [0.2, 0.25) is 0 Å². The van der Waals surface area contributed by atoms with Crippen LogP contribution in [0, 0.1) is 0 Å². The summed E-state index contributed by atoms with van der Waals surface area (Å²) in [5, 5.41) is 0. The van der Waals surface area contributed by atoms with Crippen molar-refractivity contribution in [3.8, 4) is 5.88 Å². The number of sulfonamides is 1. The molecule has 0 spiro atoms. The van der Waals surface area contributed by atoms with Crippen LogP contribution >= 0.6 is 0 Å². The summed E-state index contributed by atoms with van der Waals surface area (Å²) in [5.41, 5.74) is 0. The molecule has 1 fully saturated rings. The van der Waals surface area contributed by atoms with Crippen molar-refractivity contribution in [1.29, 1.82) is 0 Å². The van der Waals surface area contributed by atoms with Crippen molar-refractivity contribution in [2.75, 3.05) is 18.8 Å². The van der Waals surface area contributed by atoms with E-state index in [4.69, 9.17) is 4.74 Å². The lowest BCUT2D eigenvalue weighted by Crippen LogP contribution is -2.32. The van der Waals surface area contributed by atoms with Crippen LogP contribution in [0.3, 0.4) is 0 Å². The smallest absolute Gasteiger partial charge is 0.232 e. The molecule has 2 rings (SSSR count). The van der Waals surface area contributed by atoms with E-state index in [-0.39, 0.29) is 11.9 Å². The lowest BCUT2D eigenvalue weighted by Gasteiger charge is -2.15. The molecule has 0 aromatic carbocycles. The lowest BCUT2D eigenvalue weighted by atomic mass is 10.3. The van der Waals surface area contributed by atoms with Crippen molar-refractivity contribution >= 4 is 10.0 Å². The average molecular weight is 257 g/mol. The first-order chi connectivity index (χ1) is 8.12. The molecule has 7 heteroatoms. The van der Waals surface area contributed by atoms with Crippen LogP contribution in [0.15, 0.2) is 18.6 Å². The second kappa shape index (κ2) is 4.97. The van der Waals surface area contributed by atoms with E-state index in [2.05, 4.69) is 9.97 Å². The van der Waals surface area contributed by atoms with Gasteiger partial charge in [0.2, 0.25) is 15.9 Å². The van der Waals surface area contributed by atoms with Gasteiger partial charge in [-0.15, -0.1) is 0 Å². The third-order valence-corrected chi connectivity index (χ3v) is 4.54. The zero-order valence-electron chi connectivity index (χ0n) is 9.61. The third kappa shape index (κ3) is 2.92. The monoisotopic (exact) mass is 257 g/mol. The molecular weight excluding hydrogens is 242 g/mol. The van der Waals surface area contributed by atoms with Gasteiger partial charge in [0.15, 0.2) is 0 Å². The highest BCUT2D eigenvalue weighted by Gasteiger charge is 2.31. The highest BCUT2D eigenvalue weighted by Crippen LogP contribution is 2.18. The van der Waals surface area contributed by atoms with E-state index >= 15 is 0 Å². The van der Waals surface area contributed by atoms with Gasteiger partial charge in [0.25, 0.3) is 0 Å². The summed E-state index contributed by atoms with van der Waals surface area (Å²) in [6.07, 6.45) is 5.19. The molecule has 0 bridgehead atoms. The minimum Gasteiger partial charge on any atom is -0.472 e. The van der Waals surface area contributed by atoms with Crippen LogP contribution < -0.4 is 4.74 Å². The molecule has 0 radical (unpaired) electrons. The van der Waals surface area contributed by atoms with Gasteiger partial charge >= 0.3 is 0 Å². The first-order valence-corrected chi connectivity index (χ1v) is 7.13. The van der Waals surface area contributed by atoms with Crippen molar-refractivity contribution < 1.29 is 13.2 Å². The highest BCUT2D eigenvalue weighted by molar-refractivity contribution is 7.89. The van der Waals surface area contributed by atoms with Gasteiger partial charge in [-0.25, -0.2) is 13.4 Å². The third-order valence-electron chi connectivity index (χ3n) is 2.69. The molecule has 94 valence electrons. The van der Waals surface area contributed by atoms with E-state index in [0.29, 0.717) is 25.4 Å². The van der Waals surface area contributed by atoms with Crippen molar-refractivity contribution in [1.82, 2.24) is 14.3 Å². The van der Waals surface area contributed by atoms with E-state index in [1.807, 2.05) is 0 Å². The molecular formula is C10H15N3O3S.